The molecule has 0 unspecified atom stereocenters. The van der Waals surface area contributed by atoms with Gasteiger partial charge in [0.15, 0.2) is 0 Å². The summed E-state index contributed by atoms with van der Waals surface area (Å²) in [5.74, 6) is -0.213. The highest BCUT2D eigenvalue weighted by Crippen LogP contribution is 2.32. The number of halogens is 2. The third-order valence-corrected chi connectivity index (χ3v) is 4.13. The van der Waals surface area contributed by atoms with E-state index in [1.165, 1.54) is 6.07 Å². The van der Waals surface area contributed by atoms with Crippen molar-refractivity contribution in [1.29, 1.82) is 0 Å². The maximum atomic E-state index is 13.2. The van der Waals surface area contributed by atoms with Crippen molar-refractivity contribution in [3.05, 3.63) is 58.9 Å². The highest BCUT2D eigenvalue weighted by Gasteiger charge is 2.06. The minimum absolute atomic E-state index is 0.213. The molecule has 2 rings (SSSR count). The molecule has 0 saturated heterocycles. The first-order valence-corrected chi connectivity index (χ1v) is 7.81. The Balaban J connectivity index is 2.17. The van der Waals surface area contributed by atoms with Crippen molar-refractivity contribution in [2.24, 2.45) is 0 Å². The first kappa shape index (κ1) is 15.4. The second kappa shape index (κ2) is 7.67. The summed E-state index contributed by atoms with van der Waals surface area (Å²) in [5, 5.41) is 4.09. The maximum Gasteiger partial charge on any atom is 0.124 e. The van der Waals surface area contributed by atoms with Crippen LogP contribution in [0.1, 0.15) is 18.9 Å². The normalized spacial score (nSPS) is 10.8. The molecule has 2 aromatic carbocycles. The lowest BCUT2D eigenvalue weighted by atomic mass is 10.2. The predicted molar refractivity (Wildman–Crippen MR) is 84.0 cm³/mol. The summed E-state index contributed by atoms with van der Waals surface area (Å²) in [5.41, 5.74) is 1.14. The quantitative estimate of drug-likeness (QED) is 0.742. The van der Waals surface area contributed by atoms with Crippen LogP contribution in [-0.2, 0) is 6.54 Å². The number of hydrogen-bond donors (Lipinski definition) is 1. The SMILES string of the molecule is CCCNCc1cc(Cl)ccc1Sc1cccc(F)c1. The first-order chi connectivity index (χ1) is 9.69. The summed E-state index contributed by atoms with van der Waals surface area (Å²) in [6, 6.07) is 12.4. The zero-order valence-corrected chi connectivity index (χ0v) is 12.9. The maximum absolute atomic E-state index is 13.2. The molecule has 0 fully saturated rings. The van der Waals surface area contributed by atoms with Crippen LogP contribution in [0.5, 0.6) is 0 Å². The second-order valence-electron chi connectivity index (χ2n) is 4.49. The Morgan fingerprint density at radius 3 is 2.80 bits per heavy atom. The number of rotatable bonds is 6. The summed E-state index contributed by atoms with van der Waals surface area (Å²) >= 11 is 7.62. The van der Waals surface area contributed by atoms with Crippen LogP contribution in [0, 0.1) is 5.82 Å². The van der Waals surface area contributed by atoms with E-state index < -0.39 is 0 Å². The van der Waals surface area contributed by atoms with E-state index in [0.717, 1.165) is 39.9 Å². The predicted octanol–water partition coefficient (Wildman–Crippen LogP) is 5.13. The fourth-order valence-corrected chi connectivity index (χ4v) is 3.01. The van der Waals surface area contributed by atoms with Crippen molar-refractivity contribution >= 4 is 23.4 Å². The summed E-state index contributed by atoms with van der Waals surface area (Å²) in [7, 11) is 0. The zero-order chi connectivity index (χ0) is 14.4. The Morgan fingerprint density at radius 2 is 2.05 bits per heavy atom. The fraction of sp³-hybridized carbons (Fsp3) is 0.250. The number of hydrogen-bond acceptors (Lipinski definition) is 2. The Hall–Kier alpha value is -1.03. The van der Waals surface area contributed by atoms with Crippen LogP contribution in [0.15, 0.2) is 52.3 Å². The van der Waals surface area contributed by atoms with Gasteiger partial charge in [-0.2, -0.15) is 0 Å². The van der Waals surface area contributed by atoms with Gasteiger partial charge in [0, 0.05) is 21.4 Å². The molecule has 0 atom stereocenters. The molecular weight excluding hydrogens is 293 g/mol. The second-order valence-corrected chi connectivity index (χ2v) is 6.04. The third-order valence-electron chi connectivity index (χ3n) is 2.79. The van der Waals surface area contributed by atoms with Crippen molar-refractivity contribution in [3.8, 4) is 0 Å². The van der Waals surface area contributed by atoms with E-state index in [1.807, 2.05) is 24.3 Å². The molecule has 20 heavy (non-hydrogen) atoms. The Labute approximate surface area is 128 Å². The van der Waals surface area contributed by atoms with Crippen LogP contribution < -0.4 is 5.32 Å². The van der Waals surface area contributed by atoms with Crippen LogP contribution in [0.4, 0.5) is 4.39 Å². The van der Waals surface area contributed by atoms with Gasteiger partial charge in [0.05, 0.1) is 0 Å². The van der Waals surface area contributed by atoms with Crippen molar-refractivity contribution in [1.82, 2.24) is 5.32 Å². The van der Waals surface area contributed by atoms with E-state index >= 15 is 0 Å². The summed E-state index contributed by atoms with van der Waals surface area (Å²) in [6.07, 6.45) is 1.09. The van der Waals surface area contributed by atoms with Gasteiger partial charge in [-0.25, -0.2) is 4.39 Å². The Morgan fingerprint density at radius 1 is 1.20 bits per heavy atom. The molecule has 1 N–H and O–H groups in total. The average Bonchev–Trinajstić information content (AvgIpc) is 2.42. The van der Waals surface area contributed by atoms with Gasteiger partial charge in [-0.05, 0) is 54.9 Å². The molecule has 0 amide bonds. The molecule has 0 saturated carbocycles. The fourth-order valence-electron chi connectivity index (χ4n) is 1.84. The molecule has 0 radical (unpaired) electrons. The molecule has 0 heterocycles. The zero-order valence-electron chi connectivity index (χ0n) is 11.3. The lowest BCUT2D eigenvalue weighted by Crippen LogP contribution is -2.14. The van der Waals surface area contributed by atoms with Crippen LogP contribution in [0.3, 0.4) is 0 Å². The van der Waals surface area contributed by atoms with Crippen molar-refractivity contribution in [2.75, 3.05) is 6.54 Å². The molecule has 0 aromatic heterocycles. The van der Waals surface area contributed by atoms with E-state index in [1.54, 1.807) is 23.9 Å². The van der Waals surface area contributed by atoms with Crippen LogP contribution in [0.25, 0.3) is 0 Å². The van der Waals surface area contributed by atoms with Gasteiger partial charge in [-0.1, -0.05) is 36.4 Å². The molecule has 4 heteroatoms. The van der Waals surface area contributed by atoms with Gasteiger partial charge in [0.1, 0.15) is 5.82 Å². The molecule has 106 valence electrons. The largest absolute Gasteiger partial charge is 0.313 e. The highest BCUT2D eigenvalue weighted by atomic mass is 35.5. The van der Waals surface area contributed by atoms with Gasteiger partial charge in [0.2, 0.25) is 0 Å². The van der Waals surface area contributed by atoms with Crippen molar-refractivity contribution in [2.45, 2.75) is 29.7 Å². The number of benzene rings is 2. The van der Waals surface area contributed by atoms with E-state index in [2.05, 4.69) is 12.2 Å². The average molecular weight is 310 g/mol. The molecule has 2 aromatic rings. The van der Waals surface area contributed by atoms with E-state index in [0.29, 0.717) is 0 Å². The summed E-state index contributed by atoms with van der Waals surface area (Å²) in [4.78, 5) is 1.99. The summed E-state index contributed by atoms with van der Waals surface area (Å²) in [6.45, 7) is 3.87. The lowest BCUT2D eigenvalue weighted by molar-refractivity contribution is 0.624. The van der Waals surface area contributed by atoms with E-state index in [9.17, 15) is 4.39 Å². The molecule has 0 aliphatic heterocycles. The van der Waals surface area contributed by atoms with E-state index in [-0.39, 0.29) is 5.82 Å². The molecule has 0 bridgehead atoms. The number of nitrogens with one attached hydrogen (secondary N) is 1. The molecule has 1 nitrogen and oxygen atoms in total. The van der Waals surface area contributed by atoms with Gasteiger partial charge >= 0.3 is 0 Å². The standard InChI is InChI=1S/C16H17ClFNS/c1-2-8-19-11-12-9-13(17)6-7-16(12)20-15-5-3-4-14(18)10-15/h3-7,9-10,19H,2,8,11H2,1H3. The van der Waals surface area contributed by atoms with Crippen molar-refractivity contribution < 1.29 is 4.39 Å². The highest BCUT2D eigenvalue weighted by molar-refractivity contribution is 7.99. The Bertz CT molecular complexity index is 574. The monoisotopic (exact) mass is 309 g/mol. The van der Waals surface area contributed by atoms with Gasteiger partial charge in [-0.3, -0.25) is 0 Å². The van der Waals surface area contributed by atoms with Crippen molar-refractivity contribution in [3.63, 3.8) is 0 Å². The molecule has 0 aliphatic rings. The van der Waals surface area contributed by atoms with Crippen LogP contribution >= 0.6 is 23.4 Å². The summed E-state index contributed by atoms with van der Waals surface area (Å²) < 4.78 is 13.2. The van der Waals surface area contributed by atoms with E-state index in [4.69, 9.17) is 11.6 Å². The molecule has 0 aliphatic carbocycles. The smallest absolute Gasteiger partial charge is 0.124 e. The van der Waals surface area contributed by atoms with Gasteiger partial charge in [-0.15, -0.1) is 0 Å². The van der Waals surface area contributed by atoms with Gasteiger partial charge in [0.25, 0.3) is 0 Å². The topological polar surface area (TPSA) is 12.0 Å². The minimum atomic E-state index is -0.213. The minimum Gasteiger partial charge on any atom is -0.313 e. The lowest BCUT2D eigenvalue weighted by Gasteiger charge is -2.11. The first-order valence-electron chi connectivity index (χ1n) is 6.61. The third kappa shape index (κ3) is 4.51. The molecular formula is C16H17ClFNS. The molecule has 0 spiro atoms. The van der Waals surface area contributed by atoms with Crippen LogP contribution in [-0.4, -0.2) is 6.54 Å². The van der Waals surface area contributed by atoms with Gasteiger partial charge < -0.3 is 5.32 Å². The van der Waals surface area contributed by atoms with Crippen LogP contribution in [0.2, 0.25) is 5.02 Å². The Kier molecular flexibility index (Phi) is 5.89.